The molecule has 0 aromatic carbocycles. The molecule has 0 bridgehead atoms. The summed E-state index contributed by atoms with van der Waals surface area (Å²) in [6, 6.07) is 1.84. The van der Waals surface area contributed by atoms with Crippen LogP contribution in [0.25, 0.3) is 5.78 Å². The molecule has 0 spiro atoms. The molecular formula is C19H25N5O3. The minimum Gasteiger partial charge on any atom is -0.447 e. The van der Waals surface area contributed by atoms with Gasteiger partial charge >= 0.3 is 5.97 Å². The maximum atomic E-state index is 12.3. The second kappa shape index (κ2) is 8.28. The Morgan fingerprint density at radius 1 is 1.30 bits per heavy atom. The molecule has 0 aliphatic heterocycles. The van der Waals surface area contributed by atoms with E-state index in [0.717, 1.165) is 30.7 Å². The Morgan fingerprint density at radius 3 is 2.85 bits per heavy atom. The van der Waals surface area contributed by atoms with Gasteiger partial charge in [-0.3, -0.25) is 4.79 Å². The van der Waals surface area contributed by atoms with Gasteiger partial charge in [0.05, 0.1) is 0 Å². The molecule has 1 N–H and O–H groups in total. The van der Waals surface area contributed by atoms with Crippen molar-refractivity contribution in [3.05, 3.63) is 34.9 Å². The Hall–Kier alpha value is -2.77. The fourth-order valence-corrected chi connectivity index (χ4v) is 3.14. The van der Waals surface area contributed by atoms with Crippen LogP contribution in [0.4, 0.5) is 0 Å². The third-order valence-electron chi connectivity index (χ3n) is 4.58. The van der Waals surface area contributed by atoms with Gasteiger partial charge in [-0.1, -0.05) is 11.6 Å². The maximum absolute atomic E-state index is 12.3. The minimum atomic E-state index is -0.916. The summed E-state index contributed by atoms with van der Waals surface area (Å²) in [5, 5.41) is 6.93. The normalized spacial score (nSPS) is 15.3. The summed E-state index contributed by atoms with van der Waals surface area (Å²) in [5.41, 5.74) is 2.98. The Balaban J connectivity index is 1.54. The van der Waals surface area contributed by atoms with Crippen molar-refractivity contribution in [2.24, 2.45) is 0 Å². The van der Waals surface area contributed by atoms with Gasteiger partial charge in [-0.05, 0) is 58.9 Å². The molecule has 27 heavy (non-hydrogen) atoms. The van der Waals surface area contributed by atoms with Crippen LogP contribution in [0.15, 0.2) is 17.7 Å². The van der Waals surface area contributed by atoms with Crippen LogP contribution in [0.1, 0.15) is 61.0 Å². The molecule has 8 heteroatoms. The molecule has 0 saturated heterocycles. The number of nitrogens with one attached hydrogen (secondary N) is 1. The number of hydrogen-bond donors (Lipinski definition) is 1. The first-order valence-electron chi connectivity index (χ1n) is 9.31. The summed E-state index contributed by atoms with van der Waals surface area (Å²) in [6.07, 6.45) is 6.86. The van der Waals surface area contributed by atoms with E-state index >= 15 is 0 Å². The zero-order chi connectivity index (χ0) is 19.4. The summed E-state index contributed by atoms with van der Waals surface area (Å²) in [4.78, 5) is 32.8. The maximum Gasteiger partial charge on any atom is 0.379 e. The van der Waals surface area contributed by atoms with Crippen LogP contribution >= 0.6 is 0 Å². The Bertz CT molecular complexity index is 887. The number of ether oxygens (including phenoxy) is 1. The van der Waals surface area contributed by atoms with Crippen molar-refractivity contribution in [3.8, 4) is 0 Å². The second-order valence-corrected chi connectivity index (χ2v) is 6.88. The highest BCUT2D eigenvalue weighted by Gasteiger charge is 2.22. The summed E-state index contributed by atoms with van der Waals surface area (Å²) >= 11 is 0. The average Bonchev–Trinajstić information content (AvgIpc) is 3.07. The number of carbonyl (C=O) groups excluding carboxylic acids is 2. The van der Waals surface area contributed by atoms with E-state index in [4.69, 9.17) is 4.74 Å². The number of allylic oxidation sites excluding steroid dienone is 1. The van der Waals surface area contributed by atoms with Crippen molar-refractivity contribution in [2.75, 3.05) is 6.54 Å². The van der Waals surface area contributed by atoms with Crippen LogP contribution in [0, 0.1) is 13.8 Å². The molecule has 0 radical (unpaired) electrons. The zero-order valence-corrected chi connectivity index (χ0v) is 16.0. The van der Waals surface area contributed by atoms with E-state index in [-0.39, 0.29) is 11.7 Å². The number of fused-ring (bicyclic) bond motifs is 1. The molecule has 2 heterocycles. The smallest absolute Gasteiger partial charge is 0.379 e. The first-order valence-corrected chi connectivity index (χ1v) is 9.31. The summed E-state index contributed by atoms with van der Waals surface area (Å²) in [7, 11) is 0. The third-order valence-corrected chi connectivity index (χ3v) is 4.58. The van der Waals surface area contributed by atoms with Gasteiger partial charge in [0.25, 0.3) is 17.5 Å². The molecule has 144 valence electrons. The Morgan fingerprint density at radius 2 is 2.11 bits per heavy atom. The highest BCUT2D eigenvalue weighted by molar-refractivity contribution is 5.89. The number of esters is 1. The van der Waals surface area contributed by atoms with E-state index in [1.54, 1.807) is 0 Å². The fourth-order valence-electron chi connectivity index (χ4n) is 3.14. The molecule has 1 atom stereocenters. The number of nitrogens with zero attached hydrogens (tertiary/aromatic N) is 4. The second-order valence-electron chi connectivity index (χ2n) is 6.88. The highest BCUT2D eigenvalue weighted by atomic mass is 16.5. The quantitative estimate of drug-likeness (QED) is 0.618. The van der Waals surface area contributed by atoms with Crippen molar-refractivity contribution in [1.82, 2.24) is 24.9 Å². The molecule has 0 fully saturated rings. The van der Waals surface area contributed by atoms with E-state index < -0.39 is 12.1 Å². The minimum absolute atomic E-state index is 0.108. The largest absolute Gasteiger partial charge is 0.447 e. The van der Waals surface area contributed by atoms with Gasteiger partial charge in [-0.2, -0.15) is 4.98 Å². The molecule has 0 unspecified atom stereocenters. The van der Waals surface area contributed by atoms with E-state index in [9.17, 15) is 9.59 Å². The summed E-state index contributed by atoms with van der Waals surface area (Å²) < 4.78 is 6.69. The van der Waals surface area contributed by atoms with Crippen LogP contribution in [-0.4, -0.2) is 44.1 Å². The van der Waals surface area contributed by atoms with Gasteiger partial charge in [0, 0.05) is 17.9 Å². The van der Waals surface area contributed by atoms with E-state index in [2.05, 4.69) is 26.5 Å². The molecule has 0 saturated carbocycles. The number of aromatic nitrogens is 4. The van der Waals surface area contributed by atoms with Crippen molar-refractivity contribution in [2.45, 2.75) is 59.0 Å². The van der Waals surface area contributed by atoms with Gasteiger partial charge < -0.3 is 10.1 Å². The molecule has 1 aliphatic rings. The van der Waals surface area contributed by atoms with Gasteiger partial charge in [0.1, 0.15) is 0 Å². The van der Waals surface area contributed by atoms with Crippen molar-refractivity contribution >= 4 is 17.7 Å². The van der Waals surface area contributed by atoms with E-state index in [1.807, 2.05) is 19.9 Å². The predicted molar refractivity (Wildman–Crippen MR) is 99.3 cm³/mol. The number of amides is 1. The van der Waals surface area contributed by atoms with Gasteiger partial charge in [-0.25, -0.2) is 14.3 Å². The van der Waals surface area contributed by atoms with Crippen LogP contribution < -0.4 is 5.32 Å². The molecule has 1 amide bonds. The molecule has 2 aromatic heterocycles. The van der Waals surface area contributed by atoms with Gasteiger partial charge in [-0.15, -0.1) is 5.10 Å². The molecule has 2 aromatic rings. The molecule has 8 nitrogen and oxygen atoms in total. The van der Waals surface area contributed by atoms with Crippen LogP contribution in [0.2, 0.25) is 0 Å². The SMILES string of the molecule is Cc1cc(C)n2nc(C(=O)O[C@H](C)C(=O)NCCC3=CCCCC3)nc2n1. The first-order chi connectivity index (χ1) is 12.9. The lowest BCUT2D eigenvalue weighted by molar-refractivity contribution is -0.129. The third kappa shape index (κ3) is 4.69. The number of hydrogen-bond acceptors (Lipinski definition) is 6. The lowest BCUT2D eigenvalue weighted by Gasteiger charge is -2.15. The summed E-state index contributed by atoms with van der Waals surface area (Å²) in [6.45, 7) is 5.77. The van der Waals surface area contributed by atoms with Gasteiger partial charge in [0.15, 0.2) is 6.10 Å². The fraction of sp³-hybridized carbons (Fsp3) is 0.526. The topological polar surface area (TPSA) is 98.5 Å². The molecule has 3 rings (SSSR count). The molecule has 1 aliphatic carbocycles. The van der Waals surface area contributed by atoms with Crippen LogP contribution in [0.3, 0.4) is 0 Å². The van der Waals surface area contributed by atoms with E-state index in [1.165, 1.54) is 29.9 Å². The first kappa shape index (κ1) is 19.0. The Labute approximate surface area is 158 Å². The lowest BCUT2D eigenvalue weighted by atomic mass is 9.97. The van der Waals surface area contributed by atoms with Crippen LogP contribution in [-0.2, 0) is 9.53 Å². The highest BCUT2D eigenvalue weighted by Crippen LogP contribution is 2.19. The van der Waals surface area contributed by atoms with Crippen molar-refractivity contribution < 1.29 is 14.3 Å². The zero-order valence-electron chi connectivity index (χ0n) is 16.0. The van der Waals surface area contributed by atoms with Crippen molar-refractivity contribution in [1.29, 1.82) is 0 Å². The lowest BCUT2D eigenvalue weighted by Crippen LogP contribution is -2.36. The number of aryl methyl sites for hydroxylation is 2. The van der Waals surface area contributed by atoms with Gasteiger partial charge in [0.2, 0.25) is 0 Å². The number of carbonyl (C=O) groups is 2. The van der Waals surface area contributed by atoms with Crippen LogP contribution in [0.5, 0.6) is 0 Å². The Kier molecular flexibility index (Phi) is 5.83. The average molecular weight is 371 g/mol. The standard InChI is InChI=1S/C19H25N5O3/c1-12-11-13(2)24-19(21-12)22-16(23-24)18(26)27-14(3)17(25)20-10-9-15-7-5-4-6-8-15/h7,11,14H,4-6,8-10H2,1-3H3,(H,20,25)/t14-/m1/s1. The van der Waals surface area contributed by atoms with E-state index in [0.29, 0.717) is 12.3 Å². The summed E-state index contributed by atoms with van der Waals surface area (Å²) in [5.74, 6) is -0.843. The monoisotopic (exact) mass is 371 g/mol. The van der Waals surface area contributed by atoms with Crippen molar-refractivity contribution in [3.63, 3.8) is 0 Å². The predicted octanol–water partition coefficient (Wildman–Crippen LogP) is 2.29. The molecular weight excluding hydrogens is 346 g/mol. The number of rotatable bonds is 6.